The third kappa shape index (κ3) is 2.20. The second-order valence-corrected chi connectivity index (χ2v) is 4.60. The number of pyridine rings is 1. The van der Waals surface area contributed by atoms with Gasteiger partial charge in [0, 0.05) is 23.1 Å². The molecular formula is C14H12N4S. The number of para-hydroxylation sites is 1. The van der Waals surface area contributed by atoms with Gasteiger partial charge in [-0.2, -0.15) is 5.10 Å². The highest BCUT2D eigenvalue weighted by Crippen LogP contribution is 2.21. The second kappa shape index (κ2) is 4.78. The number of aromatic amines is 1. The van der Waals surface area contributed by atoms with Crippen molar-refractivity contribution in [2.24, 2.45) is 0 Å². The minimum absolute atomic E-state index is 0.579. The van der Waals surface area contributed by atoms with E-state index >= 15 is 0 Å². The number of aromatic nitrogens is 4. The molecule has 0 aliphatic rings. The van der Waals surface area contributed by atoms with Crippen LogP contribution < -0.4 is 0 Å². The van der Waals surface area contributed by atoms with Crippen LogP contribution in [-0.2, 0) is 0 Å². The van der Waals surface area contributed by atoms with E-state index in [-0.39, 0.29) is 0 Å². The van der Waals surface area contributed by atoms with E-state index < -0.39 is 0 Å². The van der Waals surface area contributed by atoms with Crippen molar-refractivity contribution in [3.63, 3.8) is 0 Å². The molecule has 0 atom stereocenters. The Kier molecular flexibility index (Phi) is 2.97. The Bertz CT molecular complexity index is 758. The van der Waals surface area contributed by atoms with E-state index in [1.807, 2.05) is 54.0 Å². The van der Waals surface area contributed by atoms with Crippen molar-refractivity contribution >= 4 is 12.2 Å². The van der Waals surface area contributed by atoms with Crippen LogP contribution in [0.5, 0.6) is 0 Å². The summed E-state index contributed by atoms with van der Waals surface area (Å²) < 4.78 is 2.50. The first-order chi connectivity index (χ1) is 9.25. The molecule has 0 spiro atoms. The van der Waals surface area contributed by atoms with Gasteiger partial charge >= 0.3 is 0 Å². The van der Waals surface area contributed by atoms with Gasteiger partial charge in [-0.25, -0.2) is 0 Å². The highest BCUT2D eigenvalue weighted by molar-refractivity contribution is 7.71. The zero-order valence-corrected chi connectivity index (χ0v) is 11.2. The fourth-order valence-electron chi connectivity index (χ4n) is 1.99. The highest BCUT2D eigenvalue weighted by Gasteiger charge is 2.10. The molecule has 0 saturated heterocycles. The average Bonchev–Trinajstić information content (AvgIpc) is 2.82. The molecule has 0 aliphatic carbocycles. The molecule has 3 aromatic rings. The van der Waals surface area contributed by atoms with Gasteiger partial charge in [-0.05, 0) is 43.4 Å². The molecule has 0 amide bonds. The number of hydrogen-bond donors (Lipinski definition) is 1. The van der Waals surface area contributed by atoms with Crippen LogP contribution in [-0.4, -0.2) is 19.7 Å². The van der Waals surface area contributed by atoms with Gasteiger partial charge < -0.3 is 0 Å². The smallest absolute Gasteiger partial charge is 0.200 e. The van der Waals surface area contributed by atoms with Crippen LogP contribution in [0.4, 0.5) is 0 Å². The number of hydrogen-bond acceptors (Lipinski definition) is 3. The molecule has 0 unspecified atom stereocenters. The summed E-state index contributed by atoms with van der Waals surface area (Å²) in [4.78, 5) is 4.20. The summed E-state index contributed by atoms with van der Waals surface area (Å²) in [5.74, 6) is 0.793. The first-order valence-electron chi connectivity index (χ1n) is 5.91. The molecule has 0 aliphatic heterocycles. The van der Waals surface area contributed by atoms with Gasteiger partial charge in [0.2, 0.25) is 0 Å². The summed E-state index contributed by atoms with van der Waals surface area (Å²) in [7, 11) is 0. The van der Waals surface area contributed by atoms with E-state index in [2.05, 4.69) is 15.2 Å². The van der Waals surface area contributed by atoms with Crippen molar-refractivity contribution in [3.05, 3.63) is 59.1 Å². The van der Waals surface area contributed by atoms with Crippen molar-refractivity contribution in [1.82, 2.24) is 19.7 Å². The van der Waals surface area contributed by atoms with Gasteiger partial charge in [0.15, 0.2) is 10.6 Å². The largest absolute Gasteiger partial charge is 0.268 e. The van der Waals surface area contributed by atoms with Crippen LogP contribution in [0.2, 0.25) is 0 Å². The maximum Gasteiger partial charge on any atom is 0.200 e. The Hall–Kier alpha value is -2.27. The summed E-state index contributed by atoms with van der Waals surface area (Å²) in [5, 5.41) is 7.17. The van der Waals surface area contributed by atoms with E-state index in [0.717, 1.165) is 22.8 Å². The minimum Gasteiger partial charge on any atom is -0.268 e. The molecular weight excluding hydrogens is 256 g/mol. The van der Waals surface area contributed by atoms with Gasteiger partial charge in [0.25, 0.3) is 0 Å². The first kappa shape index (κ1) is 11.8. The van der Waals surface area contributed by atoms with Gasteiger partial charge in [-0.1, -0.05) is 18.2 Å². The van der Waals surface area contributed by atoms with Gasteiger partial charge in [0.1, 0.15) is 0 Å². The maximum absolute atomic E-state index is 5.32. The summed E-state index contributed by atoms with van der Waals surface area (Å²) in [6.45, 7) is 1.96. The molecule has 1 N–H and O–H groups in total. The zero-order valence-electron chi connectivity index (χ0n) is 10.4. The molecule has 0 radical (unpaired) electrons. The molecule has 5 heteroatoms. The van der Waals surface area contributed by atoms with Crippen molar-refractivity contribution in [1.29, 1.82) is 0 Å². The minimum atomic E-state index is 0.579. The van der Waals surface area contributed by atoms with Crippen molar-refractivity contribution < 1.29 is 0 Å². The lowest BCUT2D eigenvalue weighted by Crippen LogP contribution is -1.97. The second-order valence-electron chi connectivity index (χ2n) is 4.21. The van der Waals surface area contributed by atoms with E-state index in [1.165, 1.54) is 0 Å². The number of rotatable bonds is 2. The van der Waals surface area contributed by atoms with Crippen molar-refractivity contribution in [3.8, 4) is 17.1 Å². The summed E-state index contributed by atoms with van der Waals surface area (Å²) in [5.41, 5.74) is 2.93. The normalized spacial score (nSPS) is 10.6. The fourth-order valence-corrected chi connectivity index (χ4v) is 2.23. The molecule has 19 heavy (non-hydrogen) atoms. The highest BCUT2D eigenvalue weighted by atomic mass is 32.1. The summed E-state index contributed by atoms with van der Waals surface area (Å²) in [6, 6.07) is 13.9. The Balaban J connectivity index is 2.22. The number of benzene rings is 1. The molecule has 1 aromatic carbocycles. The van der Waals surface area contributed by atoms with E-state index in [0.29, 0.717) is 4.77 Å². The predicted octanol–water partition coefficient (Wildman–Crippen LogP) is 3.30. The number of H-pyrrole nitrogens is 1. The monoisotopic (exact) mass is 268 g/mol. The predicted molar refractivity (Wildman–Crippen MR) is 76.7 cm³/mol. The molecule has 3 rings (SSSR count). The maximum atomic E-state index is 5.32. The fraction of sp³-hybridized carbons (Fsp3) is 0.0714. The van der Waals surface area contributed by atoms with Crippen LogP contribution in [0.25, 0.3) is 17.1 Å². The van der Waals surface area contributed by atoms with E-state index in [1.54, 1.807) is 6.20 Å². The quantitative estimate of drug-likeness (QED) is 0.725. The zero-order chi connectivity index (χ0) is 13.2. The van der Waals surface area contributed by atoms with Crippen molar-refractivity contribution in [2.45, 2.75) is 6.92 Å². The molecule has 2 aromatic heterocycles. The van der Waals surface area contributed by atoms with E-state index in [9.17, 15) is 0 Å². The lowest BCUT2D eigenvalue weighted by atomic mass is 10.2. The molecule has 94 valence electrons. The SMILES string of the molecule is Cc1cc(-c2n[nH]c(=S)n2-c2ccccc2)ccn1. The molecule has 0 saturated carbocycles. The lowest BCUT2D eigenvalue weighted by Gasteiger charge is -2.06. The summed E-state index contributed by atoms with van der Waals surface area (Å²) >= 11 is 5.32. The van der Waals surface area contributed by atoms with Gasteiger partial charge in [-0.3, -0.25) is 14.6 Å². The Morgan fingerprint density at radius 2 is 1.95 bits per heavy atom. The molecule has 0 bridgehead atoms. The van der Waals surface area contributed by atoms with Crippen LogP contribution >= 0.6 is 12.2 Å². The number of aryl methyl sites for hydroxylation is 1. The van der Waals surface area contributed by atoms with Crippen LogP contribution in [0.1, 0.15) is 5.69 Å². The Labute approximate surface area is 115 Å². The van der Waals surface area contributed by atoms with Gasteiger partial charge in [0.05, 0.1) is 0 Å². The van der Waals surface area contributed by atoms with Gasteiger partial charge in [-0.15, -0.1) is 0 Å². The first-order valence-corrected chi connectivity index (χ1v) is 6.32. The molecule has 4 nitrogen and oxygen atoms in total. The van der Waals surface area contributed by atoms with Crippen LogP contribution in [0, 0.1) is 11.7 Å². The topological polar surface area (TPSA) is 46.5 Å². The average molecular weight is 268 g/mol. The van der Waals surface area contributed by atoms with Crippen molar-refractivity contribution in [2.75, 3.05) is 0 Å². The van der Waals surface area contributed by atoms with Crippen LogP contribution in [0.3, 0.4) is 0 Å². The molecule has 0 fully saturated rings. The molecule has 2 heterocycles. The van der Waals surface area contributed by atoms with E-state index in [4.69, 9.17) is 12.2 Å². The lowest BCUT2D eigenvalue weighted by molar-refractivity contribution is 1.03. The Morgan fingerprint density at radius 3 is 2.68 bits per heavy atom. The third-order valence-corrected chi connectivity index (χ3v) is 3.12. The van der Waals surface area contributed by atoms with Crippen LogP contribution in [0.15, 0.2) is 48.7 Å². The number of nitrogens with zero attached hydrogens (tertiary/aromatic N) is 3. The third-order valence-electron chi connectivity index (χ3n) is 2.84. The standard InChI is InChI=1S/C14H12N4S/c1-10-9-11(7-8-15-10)13-16-17-14(19)18(13)12-5-3-2-4-6-12/h2-9H,1H3,(H,17,19). The summed E-state index contributed by atoms with van der Waals surface area (Å²) in [6.07, 6.45) is 1.78. The number of nitrogens with one attached hydrogen (secondary N) is 1. The Morgan fingerprint density at radius 1 is 1.16 bits per heavy atom.